The zero-order chi connectivity index (χ0) is 8.32. The van der Waals surface area contributed by atoms with Crippen LogP contribution in [0.1, 0.15) is 46.0 Å². The Hall–Kier alpha value is -0.0400. The minimum Gasteiger partial charge on any atom is -0.316 e. The Morgan fingerprint density at radius 2 is 2.18 bits per heavy atom. The van der Waals surface area contributed by atoms with Crippen molar-refractivity contribution in [3.05, 3.63) is 0 Å². The van der Waals surface area contributed by atoms with E-state index in [0.717, 1.165) is 6.04 Å². The van der Waals surface area contributed by atoms with Crippen LogP contribution < -0.4 is 5.32 Å². The van der Waals surface area contributed by atoms with Crippen molar-refractivity contribution in [2.75, 3.05) is 7.05 Å². The maximum Gasteiger partial charge on any atom is 0.0118 e. The van der Waals surface area contributed by atoms with E-state index in [4.69, 9.17) is 0 Å². The molecular formula is C10H21N. The lowest BCUT2D eigenvalue weighted by molar-refractivity contribution is 0.146. The molecule has 1 aliphatic carbocycles. The molecule has 0 radical (unpaired) electrons. The normalized spacial score (nSPS) is 39.0. The summed E-state index contributed by atoms with van der Waals surface area (Å²) in [6, 6.07) is 0.765. The predicted octanol–water partition coefficient (Wildman–Crippen LogP) is 2.56. The monoisotopic (exact) mass is 155 g/mol. The molecule has 1 saturated carbocycles. The Morgan fingerprint density at radius 1 is 1.45 bits per heavy atom. The zero-order valence-corrected chi connectivity index (χ0v) is 8.11. The lowest BCUT2D eigenvalue weighted by atomic mass is 9.70. The molecule has 0 amide bonds. The zero-order valence-electron chi connectivity index (χ0n) is 8.11. The second kappa shape index (κ2) is 3.57. The number of nitrogens with one attached hydrogen (secondary N) is 1. The van der Waals surface area contributed by atoms with Crippen molar-refractivity contribution >= 4 is 0 Å². The van der Waals surface area contributed by atoms with Crippen LogP contribution in [0.4, 0.5) is 0 Å². The Kier molecular flexibility index (Phi) is 2.94. The van der Waals surface area contributed by atoms with Gasteiger partial charge in [0.1, 0.15) is 0 Å². The molecule has 0 spiro atoms. The van der Waals surface area contributed by atoms with E-state index in [1.54, 1.807) is 0 Å². The fourth-order valence-corrected chi connectivity index (χ4v) is 2.32. The van der Waals surface area contributed by atoms with Gasteiger partial charge in [-0.15, -0.1) is 0 Å². The van der Waals surface area contributed by atoms with Gasteiger partial charge >= 0.3 is 0 Å². The van der Waals surface area contributed by atoms with Gasteiger partial charge in [-0.05, 0) is 31.7 Å². The van der Waals surface area contributed by atoms with Gasteiger partial charge in [0.25, 0.3) is 0 Å². The number of hydrogen-bond donors (Lipinski definition) is 1. The van der Waals surface area contributed by atoms with Crippen LogP contribution in [-0.2, 0) is 0 Å². The molecule has 1 heteroatoms. The Balaban J connectivity index is 2.57. The van der Waals surface area contributed by atoms with Crippen molar-refractivity contribution in [3.63, 3.8) is 0 Å². The van der Waals surface area contributed by atoms with Gasteiger partial charge in [-0.25, -0.2) is 0 Å². The van der Waals surface area contributed by atoms with E-state index in [1.165, 1.54) is 32.1 Å². The smallest absolute Gasteiger partial charge is 0.0118 e. The molecule has 1 aliphatic rings. The lowest BCUT2D eigenvalue weighted by Crippen LogP contribution is -2.43. The van der Waals surface area contributed by atoms with Gasteiger partial charge in [-0.1, -0.05) is 26.7 Å². The van der Waals surface area contributed by atoms with Crippen LogP contribution in [0.25, 0.3) is 0 Å². The molecule has 1 nitrogen and oxygen atoms in total. The summed E-state index contributed by atoms with van der Waals surface area (Å²) in [4.78, 5) is 0. The molecule has 2 unspecified atom stereocenters. The Morgan fingerprint density at radius 3 is 2.64 bits per heavy atom. The number of hydrogen-bond acceptors (Lipinski definition) is 1. The molecule has 0 heterocycles. The van der Waals surface area contributed by atoms with Crippen LogP contribution in [0.2, 0.25) is 0 Å². The van der Waals surface area contributed by atoms with Crippen LogP contribution in [0.5, 0.6) is 0 Å². The minimum absolute atomic E-state index is 0.576. The first-order chi connectivity index (χ1) is 5.23. The van der Waals surface area contributed by atoms with E-state index >= 15 is 0 Å². The molecule has 66 valence electrons. The third-order valence-corrected chi connectivity index (χ3v) is 3.49. The summed E-state index contributed by atoms with van der Waals surface area (Å²) in [7, 11) is 2.10. The van der Waals surface area contributed by atoms with Gasteiger partial charge in [0, 0.05) is 6.04 Å². The summed E-state index contributed by atoms with van der Waals surface area (Å²) in [6.45, 7) is 4.74. The second-order valence-corrected chi connectivity index (χ2v) is 4.09. The molecule has 1 fully saturated rings. The van der Waals surface area contributed by atoms with E-state index < -0.39 is 0 Å². The van der Waals surface area contributed by atoms with Gasteiger partial charge in [0.2, 0.25) is 0 Å². The van der Waals surface area contributed by atoms with Crippen molar-refractivity contribution in [1.29, 1.82) is 0 Å². The Bertz CT molecular complexity index is 122. The molecule has 0 aliphatic heterocycles. The SMILES string of the molecule is CCC1(C)CCCCC1NC. The highest BCUT2D eigenvalue weighted by molar-refractivity contribution is 4.89. The summed E-state index contributed by atoms with van der Waals surface area (Å²) in [5.74, 6) is 0. The maximum absolute atomic E-state index is 3.45. The van der Waals surface area contributed by atoms with E-state index in [1.807, 2.05) is 0 Å². The first-order valence-electron chi connectivity index (χ1n) is 4.90. The highest BCUT2D eigenvalue weighted by atomic mass is 14.9. The fraction of sp³-hybridized carbons (Fsp3) is 1.00. The predicted molar refractivity (Wildman–Crippen MR) is 49.7 cm³/mol. The molecule has 0 aromatic rings. The lowest BCUT2D eigenvalue weighted by Gasteiger charge is -2.40. The summed E-state index contributed by atoms with van der Waals surface area (Å²) in [6.07, 6.45) is 6.96. The van der Waals surface area contributed by atoms with Gasteiger partial charge in [0.15, 0.2) is 0 Å². The molecule has 0 aromatic carbocycles. The summed E-state index contributed by atoms with van der Waals surface area (Å²) in [5.41, 5.74) is 0.576. The molecule has 0 bridgehead atoms. The van der Waals surface area contributed by atoms with Crippen LogP contribution in [0, 0.1) is 5.41 Å². The van der Waals surface area contributed by atoms with Gasteiger partial charge < -0.3 is 5.32 Å². The summed E-state index contributed by atoms with van der Waals surface area (Å²) < 4.78 is 0. The first kappa shape index (κ1) is 9.05. The van der Waals surface area contributed by atoms with Gasteiger partial charge in [-0.3, -0.25) is 0 Å². The van der Waals surface area contributed by atoms with E-state index in [9.17, 15) is 0 Å². The van der Waals surface area contributed by atoms with Gasteiger partial charge in [0.05, 0.1) is 0 Å². The molecule has 1 rings (SSSR count). The van der Waals surface area contributed by atoms with Crippen molar-refractivity contribution in [3.8, 4) is 0 Å². The fourth-order valence-electron chi connectivity index (χ4n) is 2.32. The van der Waals surface area contributed by atoms with Gasteiger partial charge in [-0.2, -0.15) is 0 Å². The quantitative estimate of drug-likeness (QED) is 0.646. The second-order valence-electron chi connectivity index (χ2n) is 4.09. The highest BCUT2D eigenvalue weighted by Gasteiger charge is 2.33. The maximum atomic E-state index is 3.45. The van der Waals surface area contributed by atoms with E-state index in [2.05, 4.69) is 26.2 Å². The largest absolute Gasteiger partial charge is 0.316 e. The molecule has 2 atom stereocenters. The van der Waals surface area contributed by atoms with Crippen LogP contribution in [0.3, 0.4) is 0 Å². The average Bonchev–Trinajstić information content (AvgIpc) is 2.05. The standard InChI is InChI=1S/C10H21N/c1-4-10(2)8-6-5-7-9(10)11-3/h9,11H,4-8H2,1-3H3. The summed E-state index contributed by atoms with van der Waals surface area (Å²) in [5, 5.41) is 3.45. The summed E-state index contributed by atoms with van der Waals surface area (Å²) >= 11 is 0. The third-order valence-electron chi connectivity index (χ3n) is 3.49. The van der Waals surface area contributed by atoms with Crippen LogP contribution in [-0.4, -0.2) is 13.1 Å². The number of rotatable bonds is 2. The topological polar surface area (TPSA) is 12.0 Å². The Labute approximate surface area is 70.6 Å². The highest BCUT2D eigenvalue weighted by Crippen LogP contribution is 2.38. The van der Waals surface area contributed by atoms with Crippen LogP contribution >= 0.6 is 0 Å². The molecule has 11 heavy (non-hydrogen) atoms. The van der Waals surface area contributed by atoms with E-state index in [-0.39, 0.29) is 0 Å². The molecule has 0 aromatic heterocycles. The first-order valence-corrected chi connectivity index (χ1v) is 4.90. The van der Waals surface area contributed by atoms with Crippen LogP contribution in [0.15, 0.2) is 0 Å². The third kappa shape index (κ3) is 1.76. The van der Waals surface area contributed by atoms with Crippen molar-refractivity contribution in [2.24, 2.45) is 5.41 Å². The molecule has 0 saturated heterocycles. The molecular weight excluding hydrogens is 134 g/mol. The van der Waals surface area contributed by atoms with Crippen molar-refractivity contribution in [2.45, 2.75) is 52.0 Å². The molecule has 1 N–H and O–H groups in total. The minimum atomic E-state index is 0.576. The van der Waals surface area contributed by atoms with Crippen molar-refractivity contribution < 1.29 is 0 Å². The average molecular weight is 155 g/mol. The van der Waals surface area contributed by atoms with E-state index in [0.29, 0.717) is 5.41 Å². The van der Waals surface area contributed by atoms with Crippen molar-refractivity contribution in [1.82, 2.24) is 5.32 Å².